The molecule has 0 fully saturated rings. The summed E-state index contributed by atoms with van der Waals surface area (Å²) in [5, 5.41) is 11.1. The van der Waals surface area contributed by atoms with Crippen molar-refractivity contribution in [3.8, 4) is 0 Å². The fourth-order valence-electron chi connectivity index (χ4n) is 2.38. The molecular formula is C17H23N7O. The van der Waals surface area contributed by atoms with Crippen LogP contribution in [0.4, 0.5) is 11.8 Å². The fraction of sp³-hybridized carbons (Fsp3) is 0.294. The van der Waals surface area contributed by atoms with Crippen LogP contribution in [0.2, 0.25) is 0 Å². The maximum Gasteiger partial charge on any atom is 0.222 e. The Labute approximate surface area is 146 Å². The number of benzene rings is 1. The summed E-state index contributed by atoms with van der Waals surface area (Å²) in [7, 11) is 1.77. The number of nitrogen functional groups attached to an aromatic ring is 1. The number of carbonyl (C=O) groups excluding carboxylic acids is 1. The number of hydrogen-bond donors (Lipinski definition) is 4. The van der Waals surface area contributed by atoms with Crippen LogP contribution in [0.15, 0.2) is 24.3 Å². The Morgan fingerprint density at radius 3 is 2.84 bits per heavy atom. The van der Waals surface area contributed by atoms with Crippen LogP contribution in [0.5, 0.6) is 0 Å². The number of allylic oxidation sites excluding steroid dienone is 1. The SMILES string of the molecule is CCC(=O)N(C)CCNc1nc(N)nc2cc(/C(N)=C/C=N)ccc12. The van der Waals surface area contributed by atoms with Crippen LogP contribution in [0.1, 0.15) is 18.9 Å². The zero-order valence-electron chi connectivity index (χ0n) is 14.4. The van der Waals surface area contributed by atoms with E-state index in [0.717, 1.165) is 17.2 Å². The highest BCUT2D eigenvalue weighted by molar-refractivity contribution is 5.93. The molecule has 1 amide bonds. The van der Waals surface area contributed by atoms with Crippen molar-refractivity contribution in [1.29, 1.82) is 5.41 Å². The van der Waals surface area contributed by atoms with Gasteiger partial charge in [-0.2, -0.15) is 4.98 Å². The van der Waals surface area contributed by atoms with Crippen molar-refractivity contribution in [3.63, 3.8) is 0 Å². The van der Waals surface area contributed by atoms with Crippen molar-refractivity contribution >= 4 is 40.5 Å². The summed E-state index contributed by atoms with van der Waals surface area (Å²) in [6.45, 7) is 2.94. The second kappa shape index (κ2) is 8.09. The molecule has 8 nitrogen and oxygen atoms in total. The van der Waals surface area contributed by atoms with Crippen molar-refractivity contribution in [2.75, 3.05) is 31.2 Å². The van der Waals surface area contributed by atoms with E-state index in [2.05, 4.69) is 15.3 Å². The number of likely N-dealkylation sites (N-methyl/N-ethyl adjacent to an activating group) is 1. The van der Waals surface area contributed by atoms with E-state index < -0.39 is 0 Å². The first-order valence-corrected chi connectivity index (χ1v) is 7.98. The maximum atomic E-state index is 11.6. The van der Waals surface area contributed by atoms with Gasteiger partial charge in [0, 0.05) is 43.9 Å². The molecule has 25 heavy (non-hydrogen) atoms. The number of rotatable bonds is 7. The van der Waals surface area contributed by atoms with E-state index in [9.17, 15) is 4.79 Å². The van der Waals surface area contributed by atoms with Crippen LogP contribution in [-0.4, -0.2) is 47.1 Å². The van der Waals surface area contributed by atoms with Gasteiger partial charge in [0.2, 0.25) is 11.9 Å². The summed E-state index contributed by atoms with van der Waals surface area (Å²) in [5.41, 5.74) is 13.6. The van der Waals surface area contributed by atoms with E-state index in [0.29, 0.717) is 36.5 Å². The minimum Gasteiger partial charge on any atom is -0.398 e. The molecule has 0 unspecified atom stereocenters. The van der Waals surface area contributed by atoms with Gasteiger partial charge < -0.3 is 27.1 Å². The van der Waals surface area contributed by atoms with E-state index in [-0.39, 0.29) is 11.9 Å². The largest absolute Gasteiger partial charge is 0.398 e. The van der Waals surface area contributed by atoms with E-state index in [4.69, 9.17) is 16.9 Å². The Balaban J connectivity index is 2.24. The highest BCUT2D eigenvalue weighted by Crippen LogP contribution is 2.24. The third-order valence-electron chi connectivity index (χ3n) is 3.78. The topological polar surface area (TPSA) is 134 Å². The number of anilines is 2. The molecule has 6 N–H and O–H groups in total. The zero-order chi connectivity index (χ0) is 18.4. The van der Waals surface area contributed by atoms with Crippen molar-refractivity contribution in [3.05, 3.63) is 29.8 Å². The number of nitrogens with zero attached hydrogens (tertiary/aromatic N) is 3. The van der Waals surface area contributed by atoms with Crippen LogP contribution < -0.4 is 16.8 Å². The first-order chi connectivity index (χ1) is 12.0. The first-order valence-electron chi connectivity index (χ1n) is 7.98. The highest BCUT2D eigenvalue weighted by Gasteiger charge is 2.09. The molecule has 0 aliphatic heterocycles. The lowest BCUT2D eigenvalue weighted by Gasteiger charge is -2.17. The fourth-order valence-corrected chi connectivity index (χ4v) is 2.38. The summed E-state index contributed by atoms with van der Waals surface area (Å²) in [6.07, 6.45) is 3.12. The Morgan fingerprint density at radius 1 is 1.40 bits per heavy atom. The second-order valence-electron chi connectivity index (χ2n) is 5.55. The summed E-state index contributed by atoms with van der Waals surface area (Å²) in [6, 6.07) is 5.51. The Bertz CT molecular complexity index is 816. The predicted molar refractivity (Wildman–Crippen MR) is 101 cm³/mol. The molecule has 0 saturated carbocycles. The summed E-state index contributed by atoms with van der Waals surface area (Å²) >= 11 is 0. The van der Waals surface area contributed by atoms with Crippen LogP contribution in [0.3, 0.4) is 0 Å². The van der Waals surface area contributed by atoms with Gasteiger partial charge in [-0.25, -0.2) is 4.98 Å². The van der Waals surface area contributed by atoms with E-state index in [1.807, 2.05) is 19.1 Å². The molecule has 132 valence electrons. The molecule has 0 aliphatic rings. The molecule has 8 heteroatoms. The lowest BCUT2D eigenvalue weighted by Crippen LogP contribution is -2.30. The van der Waals surface area contributed by atoms with Gasteiger partial charge in [0.25, 0.3) is 0 Å². The van der Waals surface area contributed by atoms with E-state index in [1.54, 1.807) is 18.0 Å². The summed E-state index contributed by atoms with van der Waals surface area (Å²) < 4.78 is 0. The Morgan fingerprint density at radius 2 is 2.16 bits per heavy atom. The summed E-state index contributed by atoms with van der Waals surface area (Å²) in [4.78, 5) is 21.8. The lowest BCUT2D eigenvalue weighted by atomic mass is 10.1. The third kappa shape index (κ3) is 4.43. The molecule has 0 radical (unpaired) electrons. The molecule has 0 aliphatic carbocycles. The second-order valence-corrected chi connectivity index (χ2v) is 5.55. The van der Waals surface area contributed by atoms with E-state index >= 15 is 0 Å². The molecule has 1 aromatic heterocycles. The van der Waals surface area contributed by atoms with Gasteiger partial charge in [-0.05, 0) is 23.8 Å². The molecule has 0 atom stereocenters. The van der Waals surface area contributed by atoms with Gasteiger partial charge in [0.1, 0.15) is 5.82 Å². The van der Waals surface area contributed by atoms with Gasteiger partial charge in [0.05, 0.1) is 5.52 Å². The monoisotopic (exact) mass is 341 g/mol. The average molecular weight is 341 g/mol. The van der Waals surface area contributed by atoms with Gasteiger partial charge in [-0.15, -0.1) is 0 Å². The molecule has 0 bridgehead atoms. The minimum absolute atomic E-state index is 0.0898. The van der Waals surface area contributed by atoms with Crippen molar-refractivity contribution in [2.24, 2.45) is 5.73 Å². The van der Waals surface area contributed by atoms with Crippen LogP contribution in [0, 0.1) is 5.41 Å². The Hall–Kier alpha value is -3.16. The molecule has 2 aromatic rings. The van der Waals surface area contributed by atoms with Gasteiger partial charge in [-0.3, -0.25) is 4.79 Å². The minimum atomic E-state index is 0.0898. The lowest BCUT2D eigenvalue weighted by molar-refractivity contribution is -0.129. The highest BCUT2D eigenvalue weighted by atomic mass is 16.2. The zero-order valence-corrected chi connectivity index (χ0v) is 14.4. The number of aromatic nitrogens is 2. The molecule has 2 rings (SSSR count). The normalized spacial score (nSPS) is 11.4. The molecule has 1 heterocycles. The molecule has 0 spiro atoms. The van der Waals surface area contributed by atoms with E-state index in [1.165, 1.54) is 6.08 Å². The van der Waals surface area contributed by atoms with Gasteiger partial charge in [0.15, 0.2) is 0 Å². The average Bonchev–Trinajstić information content (AvgIpc) is 2.60. The maximum absolute atomic E-state index is 11.6. The number of fused-ring (bicyclic) bond motifs is 1. The first kappa shape index (κ1) is 18.2. The van der Waals surface area contributed by atoms with Gasteiger partial charge in [-0.1, -0.05) is 13.0 Å². The predicted octanol–water partition coefficient (Wildman–Crippen LogP) is 1.44. The standard InChI is InChI=1S/C17H23N7O/c1-3-15(25)24(2)9-8-21-16-12-5-4-11(13(19)6-7-18)10-14(12)22-17(20)23-16/h4-7,10,18H,3,8-9,19H2,1-2H3,(H3,20,21,22,23)/b13-6-,18-7?. The number of carbonyl (C=O) groups is 1. The van der Waals surface area contributed by atoms with Crippen molar-refractivity contribution < 1.29 is 4.79 Å². The number of nitrogens with one attached hydrogen (secondary N) is 2. The quantitative estimate of drug-likeness (QED) is 0.563. The van der Waals surface area contributed by atoms with Gasteiger partial charge >= 0.3 is 0 Å². The van der Waals surface area contributed by atoms with Crippen LogP contribution in [-0.2, 0) is 4.79 Å². The smallest absolute Gasteiger partial charge is 0.222 e. The Kier molecular flexibility index (Phi) is 5.89. The molecule has 1 aromatic carbocycles. The van der Waals surface area contributed by atoms with Crippen molar-refractivity contribution in [2.45, 2.75) is 13.3 Å². The summed E-state index contributed by atoms with van der Waals surface area (Å²) in [5.74, 6) is 0.854. The molecule has 0 saturated heterocycles. The number of amides is 1. The third-order valence-corrected chi connectivity index (χ3v) is 3.78. The van der Waals surface area contributed by atoms with Crippen LogP contribution >= 0.6 is 0 Å². The molecular weight excluding hydrogens is 318 g/mol. The van der Waals surface area contributed by atoms with Crippen molar-refractivity contribution in [1.82, 2.24) is 14.9 Å². The van der Waals surface area contributed by atoms with Crippen LogP contribution in [0.25, 0.3) is 16.6 Å². The number of hydrogen-bond acceptors (Lipinski definition) is 7. The number of nitrogens with two attached hydrogens (primary N) is 2.